The summed E-state index contributed by atoms with van der Waals surface area (Å²) in [5, 5.41) is 6.15. The van der Waals surface area contributed by atoms with Gasteiger partial charge in [0.05, 0.1) is 111 Å². The molecule has 14 heteroatoms. The first-order valence-electron chi connectivity index (χ1n) is 39.6. The average Bonchev–Trinajstić information content (AvgIpc) is 0.696. The van der Waals surface area contributed by atoms with Crippen molar-refractivity contribution in [2.45, 2.75) is 196 Å². The lowest BCUT2D eigenvalue weighted by atomic mass is 9.63. The molecule has 102 heavy (non-hydrogen) atoms. The van der Waals surface area contributed by atoms with E-state index in [9.17, 15) is 0 Å². The highest BCUT2D eigenvalue weighted by molar-refractivity contribution is 6.29. The van der Waals surface area contributed by atoms with Gasteiger partial charge in [-0.2, -0.15) is 0 Å². The summed E-state index contributed by atoms with van der Waals surface area (Å²) in [6.07, 6.45) is 29.1. The molecule has 6 aromatic rings. The predicted octanol–water partition coefficient (Wildman–Crippen LogP) is 20.0. The molecule has 14 nitrogen and oxygen atoms in total. The van der Waals surface area contributed by atoms with Crippen LogP contribution in [0.25, 0.3) is 32.3 Å². The second-order valence-electron chi connectivity index (χ2n) is 28.1. The van der Waals surface area contributed by atoms with Crippen molar-refractivity contribution in [3.63, 3.8) is 0 Å². The molecule has 0 N–H and O–H groups in total. The minimum absolute atomic E-state index is 0.269. The lowest BCUT2D eigenvalue weighted by Gasteiger charge is -2.40. The van der Waals surface area contributed by atoms with Crippen molar-refractivity contribution in [1.29, 1.82) is 0 Å². The molecule has 0 radical (unpaired) electrons. The van der Waals surface area contributed by atoms with Crippen molar-refractivity contribution in [2.24, 2.45) is 23.7 Å². The van der Waals surface area contributed by atoms with E-state index in [2.05, 4.69) is 97.4 Å². The van der Waals surface area contributed by atoms with Crippen molar-refractivity contribution in [3.8, 4) is 70.2 Å². The predicted molar refractivity (Wildman–Crippen MR) is 412 cm³/mol. The normalized spacial score (nSPS) is 18.2. The summed E-state index contributed by atoms with van der Waals surface area (Å²) < 4.78 is 89.0. The number of rotatable bonds is 28. The molecule has 558 valence electrons. The molecule has 7 aliphatic rings. The largest absolute Gasteiger partial charge is 0.491 e. The van der Waals surface area contributed by atoms with E-state index in [1.54, 1.807) is 0 Å². The van der Waals surface area contributed by atoms with E-state index >= 15 is 0 Å². The van der Waals surface area contributed by atoms with E-state index in [1.807, 2.05) is 42.5 Å². The van der Waals surface area contributed by atoms with Gasteiger partial charge in [-0.15, -0.1) is 6.42 Å². The van der Waals surface area contributed by atoms with Gasteiger partial charge in [0, 0.05) is 21.9 Å². The van der Waals surface area contributed by atoms with Crippen LogP contribution in [0.1, 0.15) is 223 Å². The van der Waals surface area contributed by atoms with E-state index in [-0.39, 0.29) is 11.8 Å². The maximum absolute atomic E-state index is 7.23. The maximum atomic E-state index is 7.23. The van der Waals surface area contributed by atoms with Crippen LogP contribution in [0, 0.1) is 47.9 Å². The van der Waals surface area contributed by atoms with Gasteiger partial charge >= 0.3 is 0 Å². The van der Waals surface area contributed by atoms with Crippen LogP contribution in [-0.2, 0) is 28.4 Å². The van der Waals surface area contributed by atoms with Crippen LogP contribution in [0.4, 0.5) is 0 Å². The van der Waals surface area contributed by atoms with E-state index < -0.39 is 0 Å². The lowest BCUT2D eigenvalue weighted by molar-refractivity contribution is 0.00467. The standard InChI is InChI=1S/C88H122O14/c1-10-19-23-64(14-5)60-99-81-56-76-77-57-82(100-61-65(15-6)24-20-11-2)84(102-63-67(17-8)26-22-13-4)59-79(77)88-75(86-69-29-27-68(28-30-69)85(86)74(18-9)87(88)78(76)58-83(81)101-62-66(16-7)25-21-12-3)37-31-70-55-73-36-38-80(70)98-54-50-94-46-42-90-40-44-92-48-52-96-72-34-32-71(33-35-72)95-51-47-91-43-39-89-41-45-93-49-53-97-73/h9,32-36,38,55-59,64-69H,10-17,19-30,39-54,60-63H2,1-8H3. The van der Waals surface area contributed by atoms with Crippen LogP contribution in [0.2, 0.25) is 0 Å². The smallest absolute Gasteiger partial charge is 0.161 e. The van der Waals surface area contributed by atoms with Gasteiger partial charge in [-0.1, -0.05) is 150 Å². The Morgan fingerprint density at radius 1 is 0.363 bits per heavy atom. The van der Waals surface area contributed by atoms with E-state index in [4.69, 9.17) is 72.7 Å². The number of hydrogen-bond donors (Lipinski definition) is 0. The summed E-state index contributed by atoms with van der Waals surface area (Å²) in [5.41, 5.74) is 5.18. The number of terminal acetylenes is 1. The SMILES string of the molecule is C#Cc1c2c(c(C#Cc3cc4ccc3OCCOCCOCCOCCOc3ccc(cc3)OCCOCCOCCOCCO4)c3c4cc(OCC(CC)CCCC)c(OCC(CC)CCCC)cc4c4cc(OCC(CC)CCCC)c(OCC(CC)CCCC)cc4c13)C1CCC2CC1. The molecule has 0 aromatic heterocycles. The highest BCUT2D eigenvalue weighted by Crippen LogP contribution is 2.56. The molecule has 0 spiro atoms. The molecule has 4 atom stereocenters. The van der Waals surface area contributed by atoms with Gasteiger partial charge in [0.25, 0.3) is 0 Å². The average molecular weight is 1400 g/mol. The van der Waals surface area contributed by atoms with Crippen LogP contribution in [-0.4, -0.2) is 132 Å². The van der Waals surface area contributed by atoms with Gasteiger partial charge in [-0.25, -0.2) is 0 Å². The Labute approximate surface area is 611 Å². The Hall–Kier alpha value is -6.62. The third kappa shape index (κ3) is 23.2. The van der Waals surface area contributed by atoms with Crippen molar-refractivity contribution in [3.05, 3.63) is 94.5 Å². The van der Waals surface area contributed by atoms with Crippen LogP contribution >= 0.6 is 0 Å². The first-order chi connectivity index (χ1) is 50.3. The van der Waals surface area contributed by atoms with Gasteiger partial charge in [-0.3, -0.25) is 0 Å². The fraction of sp³-hybridized carbons (Fsp3) is 0.614. The molecule has 0 amide bonds. The minimum atomic E-state index is 0.269. The lowest BCUT2D eigenvalue weighted by Crippen LogP contribution is -2.24. The number of ether oxygens (including phenoxy) is 14. The molecule has 6 bridgehead atoms. The van der Waals surface area contributed by atoms with E-state index in [0.717, 1.165) is 206 Å². The van der Waals surface area contributed by atoms with Crippen molar-refractivity contribution < 1.29 is 66.3 Å². The number of fused-ring (bicyclic) bond motifs is 8. The van der Waals surface area contributed by atoms with Gasteiger partial charge in [0.2, 0.25) is 0 Å². The Balaban J connectivity index is 1.17. The molecule has 4 heterocycles. The zero-order valence-electron chi connectivity index (χ0n) is 63.4. The summed E-state index contributed by atoms with van der Waals surface area (Å²) in [7, 11) is 0. The molecule has 3 aliphatic carbocycles. The minimum Gasteiger partial charge on any atom is -0.491 e. The fourth-order valence-electron chi connectivity index (χ4n) is 14.5. The number of benzene rings is 6. The van der Waals surface area contributed by atoms with Crippen LogP contribution in [0.15, 0.2) is 66.7 Å². The highest BCUT2D eigenvalue weighted by Gasteiger charge is 2.39. The molecule has 1 fully saturated rings. The van der Waals surface area contributed by atoms with Gasteiger partial charge in [0.1, 0.15) is 49.4 Å². The molecular formula is C88H122O14. The van der Waals surface area contributed by atoms with Crippen molar-refractivity contribution in [2.75, 3.05) is 132 Å². The summed E-state index contributed by atoms with van der Waals surface area (Å²) in [5.74, 6) is 19.1. The third-order valence-electron chi connectivity index (χ3n) is 20.9. The second-order valence-corrected chi connectivity index (χ2v) is 28.1. The third-order valence-corrected chi connectivity index (χ3v) is 20.9. The highest BCUT2D eigenvalue weighted by atomic mass is 16.6. The molecule has 6 aromatic carbocycles. The first-order valence-corrected chi connectivity index (χ1v) is 39.6. The quantitative estimate of drug-likeness (QED) is 0.0341. The van der Waals surface area contributed by atoms with Gasteiger partial charge < -0.3 is 66.3 Å². The Morgan fingerprint density at radius 2 is 0.676 bits per heavy atom. The molecule has 0 saturated heterocycles. The first kappa shape index (κ1) is 79.5. The summed E-state index contributed by atoms with van der Waals surface area (Å²) in [6.45, 7) is 27.1. The van der Waals surface area contributed by atoms with E-state index in [0.29, 0.717) is 173 Å². The second kappa shape index (κ2) is 44.2. The zero-order chi connectivity index (χ0) is 71.5. The van der Waals surface area contributed by atoms with Crippen LogP contribution < -0.4 is 37.9 Å². The molecule has 1 saturated carbocycles. The fourth-order valence-corrected chi connectivity index (χ4v) is 14.5. The Morgan fingerprint density at radius 3 is 1.03 bits per heavy atom. The molecule has 4 aliphatic heterocycles. The van der Waals surface area contributed by atoms with E-state index in [1.165, 1.54) is 11.1 Å². The monoisotopic (exact) mass is 1400 g/mol. The van der Waals surface area contributed by atoms with Crippen molar-refractivity contribution >= 4 is 32.3 Å². The topological polar surface area (TPSA) is 129 Å². The molecular weight excluding hydrogens is 1280 g/mol. The van der Waals surface area contributed by atoms with Gasteiger partial charge in [-0.05, 0) is 186 Å². The Bertz CT molecular complexity index is 3560. The number of unbranched alkanes of at least 4 members (excludes halogenated alkanes) is 4. The summed E-state index contributed by atoms with van der Waals surface area (Å²) >= 11 is 0. The van der Waals surface area contributed by atoms with Gasteiger partial charge in [0.15, 0.2) is 23.0 Å². The van der Waals surface area contributed by atoms with Crippen LogP contribution in [0.5, 0.6) is 46.0 Å². The van der Waals surface area contributed by atoms with Crippen molar-refractivity contribution in [1.82, 2.24) is 0 Å². The maximum Gasteiger partial charge on any atom is 0.161 e. The molecule has 4 unspecified atom stereocenters. The molecule has 13 rings (SSSR count). The summed E-state index contributed by atoms with van der Waals surface area (Å²) in [6, 6.07) is 22.5. The number of hydrogen-bond acceptors (Lipinski definition) is 14. The Kier molecular flexibility index (Phi) is 34.5. The zero-order valence-corrected chi connectivity index (χ0v) is 63.4. The summed E-state index contributed by atoms with van der Waals surface area (Å²) in [4.78, 5) is 0. The van der Waals surface area contributed by atoms with Crippen LogP contribution in [0.3, 0.4) is 0 Å².